The molecule has 0 radical (unpaired) electrons. The van der Waals surface area contributed by atoms with Crippen molar-refractivity contribution >= 4 is 5.91 Å². The highest BCUT2D eigenvalue weighted by Crippen LogP contribution is 2.29. The summed E-state index contributed by atoms with van der Waals surface area (Å²) in [6.07, 6.45) is 3.38. The summed E-state index contributed by atoms with van der Waals surface area (Å²) in [5.41, 5.74) is 0.709. The molecule has 0 aliphatic heterocycles. The fraction of sp³-hybridized carbons (Fsp3) is 0.200. The molecule has 1 N–H and O–H groups in total. The van der Waals surface area contributed by atoms with E-state index in [1.807, 2.05) is 18.2 Å². The number of aromatic nitrogens is 2. The number of rotatable bonds is 7. The predicted octanol–water partition coefficient (Wildman–Crippen LogP) is 2.99. The second kappa shape index (κ2) is 8.51. The Morgan fingerprint density at radius 3 is 2.68 bits per heavy atom. The molecule has 1 heterocycles. The average Bonchev–Trinajstić information content (AvgIpc) is 3.11. The Labute approximate surface area is 160 Å². The van der Waals surface area contributed by atoms with Crippen molar-refractivity contribution in [2.24, 2.45) is 7.05 Å². The molecule has 6 nitrogen and oxygen atoms in total. The molecule has 1 aromatic heterocycles. The first kappa shape index (κ1) is 19.3. The van der Waals surface area contributed by atoms with Gasteiger partial charge in [-0.25, -0.2) is 13.8 Å². The highest BCUT2D eigenvalue weighted by Gasteiger charge is 2.24. The number of ether oxygens (including phenoxy) is 2. The summed E-state index contributed by atoms with van der Waals surface area (Å²) in [4.78, 5) is 16.8. The Morgan fingerprint density at radius 2 is 2.00 bits per heavy atom. The molecule has 2 aromatic carbocycles. The van der Waals surface area contributed by atoms with Gasteiger partial charge in [-0.2, -0.15) is 0 Å². The van der Waals surface area contributed by atoms with E-state index in [0.29, 0.717) is 23.2 Å². The van der Waals surface area contributed by atoms with Gasteiger partial charge in [0, 0.05) is 31.1 Å². The van der Waals surface area contributed by atoms with E-state index in [1.165, 1.54) is 7.11 Å². The van der Waals surface area contributed by atoms with Crippen molar-refractivity contribution in [1.82, 2.24) is 14.9 Å². The maximum Gasteiger partial charge on any atom is 0.258 e. The van der Waals surface area contributed by atoms with Crippen LogP contribution >= 0.6 is 0 Å². The van der Waals surface area contributed by atoms with E-state index in [-0.39, 0.29) is 5.75 Å². The minimum Gasteiger partial charge on any atom is -0.496 e. The summed E-state index contributed by atoms with van der Waals surface area (Å²) in [7, 11) is 3.35. The zero-order chi connectivity index (χ0) is 20.1. The minimum absolute atomic E-state index is 0.206. The molecule has 3 aromatic rings. The number of carbonyl (C=O) groups is 1. The van der Waals surface area contributed by atoms with Gasteiger partial charge < -0.3 is 19.4 Å². The summed E-state index contributed by atoms with van der Waals surface area (Å²) >= 11 is 0. The first-order valence-electron chi connectivity index (χ1n) is 8.47. The van der Waals surface area contributed by atoms with Crippen molar-refractivity contribution in [3.05, 3.63) is 77.9 Å². The fourth-order valence-electron chi connectivity index (χ4n) is 2.78. The van der Waals surface area contributed by atoms with Crippen LogP contribution in [-0.2, 0) is 11.8 Å². The molecule has 0 aliphatic rings. The molecule has 0 spiro atoms. The minimum atomic E-state index is -0.877. The third-order valence-electron chi connectivity index (χ3n) is 4.12. The van der Waals surface area contributed by atoms with E-state index in [1.54, 1.807) is 30.1 Å². The van der Waals surface area contributed by atoms with Gasteiger partial charge in [-0.1, -0.05) is 18.2 Å². The predicted molar refractivity (Wildman–Crippen MR) is 98.0 cm³/mol. The van der Waals surface area contributed by atoms with E-state index < -0.39 is 30.2 Å². The lowest BCUT2D eigenvalue weighted by atomic mass is 10.0. The van der Waals surface area contributed by atoms with Crippen molar-refractivity contribution in [3.63, 3.8) is 0 Å². The number of hydrogen-bond donors (Lipinski definition) is 1. The van der Waals surface area contributed by atoms with Crippen LogP contribution in [0.15, 0.2) is 54.9 Å². The smallest absolute Gasteiger partial charge is 0.258 e. The monoisotopic (exact) mass is 387 g/mol. The number of nitrogens with one attached hydrogen (secondary N) is 1. The van der Waals surface area contributed by atoms with Gasteiger partial charge in [-0.3, -0.25) is 4.79 Å². The molecule has 0 bridgehead atoms. The molecule has 0 fully saturated rings. The molecule has 1 amide bonds. The molecule has 0 saturated heterocycles. The Balaban J connectivity index is 1.80. The summed E-state index contributed by atoms with van der Waals surface area (Å²) in [5.74, 6) is -1.13. The maximum atomic E-state index is 13.7. The Hall–Kier alpha value is -3.42. The van der Waals surface area contributed by atoms with E-state index in [2.05, 4.69) is 10.3 Å². The van der Waals surface area contributed by atoms with Crippen LogP contribution in [0, 0.1) is 11.6 Å². The number of methoxy groups -OCH3 is 1. The van der Waals surface area contributed by atoms with Crippen molar-refractivity contribution in [1.29, 1.82) is 0 Å². The molecule has 0 saturated carbocycles. The third kappa shape index (κ3) is 4.28. The van der Waals surface area contributed by atoms with E-state index >= 15 is 0 Å². The molecule has 28 heavy (non-hydrogen) atoms. The Kier molecular flexibility index (Phi) is 5.88. The lowest BCUT2D eigenvalue weighted by molar-refractivity contribution is -0.123. The molecule has 1 unspecified atom stereocenters. The van der Waals surface area contributed by atoms with Gasteiger partial charge >= 0.3 is 0 Å². The fourth-order valence-corrected chi connectivity index (χ4v) is 2.78. The second-order valence-corrected chi connectivity index (χ2v) is 6.00. The first-order valence-corrected chi connectivity index (χ1v) is 8.47. The number of carbonyl (C=O) groups excluding carboxylic acids is 1. The molecule has 0 aliphatic carbocycles. The van der Waals surface area contributed by atoms with Gasteiger partial charge in [0.25, 0.3) is 5.91 Å². The van der Waals surface area contributed by atoms with Crippen LogP contribution in [0.2, 0.25) is 0 Å². The third-order valence-corrected chi connectivity index (χ3v) is 4.12. The number of nitrogens with zero attached hydrogens (tertiary/aromatic N) is 2. The van der Waals surface area contributed by atoms with Gasteiger partial charge in [-0.05, 0) is 18.2 Å². The van der Waals surface area contributed by atoms with Crippen LogP contribution in [0.25, 0.3) is 0 Å². The molecule has 8 heteroatoms. The summed E-state index contributed by atoms with van der Waals surface area (Å²) in [6, 6.07) is 9.52. The van der Waals surface area contributed by atoms with Gasteiger partial charge in [0.2, 0.25) is 0 Å². The summed E-state index contributed by atoms with van der Waals surface area (Å²) < 4.78 is 39.0. The van der Waals surface area contributed by atoms with Crippen molar-refractivity contribution in [2.75, 3.05) is 13.7 Å². The van der Waals surface area contributed by atoms with Crippen molar-refractivity contribution in [3.8, 4) is 11.5 Å². The molecule has 3 rings (SSSR count). The van der Waals surface area contributed by atoms with Gasteiger partial charge in [0.05, 0.1) is 7.11 Å². The summed E-state index contributed by atoms with van der Waals surface area (Å²) in [6.45, 7) is -0.446. The van der Waals surface area contributed by atoms with Crippen molar-refractivity contribution < 1.29 is 23.0 Å². The number of imidazole rings is 1. The lowest BCUT2D eigenvalue weighted by Gasteiger charge is -2.21. The van der Waals surface area contributed by atoms with Crippen LogP contribution in [0.5, 0.6) is 11.5 Å². The highest BCUT2D eigenvalue weighted by molar-refractivity contribution is 5.78. The number of para-hydroxylation sites is 1. The standard InChI is InChI=1S/C20H19F2N3O3/c1-25-10-9-23-20(25)19(14-5-3-4-6-16(14)27-2)24-18(26)12-28-17-8-7-13(21)11-15(17)22/h3-11,19H,12H2,1-2H3,(H,24,26). The Bertz CT molecular complexity index is 975. The average molecular weight is 387 g/mol. The molecule has 146 valence electrons. The maximum absolute atomic E-state index is 13.7. The van der Waals surface area contributed by atoms with Gasteiger partial charge in [0.1, 0.15) is 23.4 Å². The number of benzene rings is 2. The first-order chi connectivity index (χ1) is 13.5. The van der Waals surface area contributed by atoms with Crippen LogP contribution in [0.1, 0.15) is 17.4 Å². The van der Waals surface area contributed by atoms with Crippen LogP contribution in [0.4, 0.5) is 8.78 Å². The van der Waals surface area contributed by atoms with Gasteiger partial charge in [0.15, 0.2) is 18.2 Å². The largest absolute Gasteiger partial charge is 0.496 e. The number of aryl methyl sites for hydroxylation is 1. The Morgan fingerprint density at radius 1 is 1.21 bits per heavy atom. The second-order valence-electron chi connectivity index (χ2n) is 6.00. The molecular formula is C20H19F2N3O3. The zero-order valence-electron chi connectivity index (χ0n) is 15.4. The zero-order valence-corrected chi connectivity index (χ0v) is 15.4. The number of halogens is 2. The van der Waals surface area contributed by atoms with E-state index in [9.17, 15) is 13.6 Å². The topological polar surface area (TPSA) is 65.4 Å². The number of amides is 1. The van der Waals surface area contributed by atoms with E-state index in [4.69, 9.17) is 9.47 Å². The van der Waals surface area contributed by atoms with Crippen LogP contribution in [-0.4, -0.2) is 29.2 Å². The van der Waals surface area contributed by atoms with Crippen LogP contribution < -0.4 is 14.8 Å². The van der Waals surface area contributed by atoms with Gasteiger partial charge in [-0.15, -0.1) is 0 Å². The molecular weight excluding hydrogens is 368 g/mol. The lowest BCUT2D eigenvalue weighted by Crippen LogP contribution is -2.34. The quantitative estimate of drug-likeness (QED) is 0.677. The molecule has 1 atom stereocenters. The van der Waals surface area contributed by atoms with Crippen molar-refractivity contribution in [2.45, 2.75) is 6.04 Å². The SMILES string of the molecule is COc1ccccc1C(NC(=O)COc1ccc(F)cc1F)c1nccn1C. The number of hydrogen-bond acceptors (Lipinski definition) is 4. The highest BCUT2D eigenvalue weighted by atomic mass is 19.1. The van der Waals surface area contributed by atoms with Crippen LogP contribution in [0.3, 0.4) is 0 Å². The van der Waals surface area contributed by atoms with E-state index in [0.717, 1.165) is 12.1 Å². The summed E-state index contributed by atoms with van der Waals surface area (Å²) in [5, 5.41) is 2.83. The normalized spacial score (nSPS) is 11.7.